The van der Waals surface area contributed by atoms with Crippen LogP contribution in [0, 0.1) is 13.8 Å². The Hall–Kier alpha value is -3.75. The Bertz CT molecular complexity index is 1130. The molecule has 0 unspecified atom stereocenters. The van der Waals surface area contributed by atoms with Crippen LogP contribution in [0.25, 0.3) is 5.82 Å². The third kappa shape index (κ3) is 4.99. The molecule has 30 heavy (non-hydrogen) atoms. The zero-order valence-corrected chi connectivity index (χ0v) is 17.2. The first-order valence-corrected chi connectivity index (χ1v) is 9.45. The molecular weight excluding hydrogens is 386 g/mol. The molecule has 0 spiro atoms. The molecule has 156 valence electrons. The van der Waals surface area contributed by atoms with Crippen molar-refractivity contribution < 1.29 is 14.3 Å². The fourth-order valence-electron chi connectivity index (χ4n) is 2.83. The number of hydrogen-bond acceptors (Lipinski definition) is 6. The summed E-state index contributed by atoms with van der Waals surface area (Å²) >= 11 is 0. The van der Waals surface area contributed by atoms with E-state index in [0.29, 0.717) is 17.1 Å². The number of rotatable bonds is 6. The van der Waals surface area contributed by atoms with Gasteiger partial charge in [0.15, 0.2) is 5.82 Å². The van der Waals surface area contributed by atoms with E-state index in [4.69, 9.17) is 4.74 Å². The number of carbonyl (C=O) groups excluding carboxylic acids is 2. The van der Waals surface area contributed by atoms with Crippen molar-refractivity contribution in [1.82, 2.24) is 19.6 Å². The van der Waals surface area contributed by atoms with Crippen LogP contribution in [-0.2, 0) is 16.1 Å². The summed E-state index contributed by atoms with van der Waals surface area (Å²) in [5.74, 6) is -0.409. The highest BCUT2D eigenvalue weighted by atomic mass is 16.5. The van der Waals surface area contributed by atoms with Gasteiger partial charge in [0.2, 0.25) is 5.91 Å². The topological polar surface area (TPSA) is 108 Å². The Morgan fingerprint density at radius 2 is 1.77 bits per heavy atom. The summed E-state index contributed by atoms with van der Waals surface area (Å²) in [5, 5.41) is 11.3. The van der Waals surface area contributed by atoms with Crippen molar-refractivity contribution in [2.45, 2.75) is 40.3 Å². The fraction of sp³-hybridized carbons (Fsp3) is 0.286. The molecule has 0 aliphatic carbocycles. The fourth-order valence-corrected chi connectivity index (χ4v) is 2.83. The molecule has 9 nitrogen and oxygen atoms in total. The third-order valence-corrected chi connectivity index (χ3v) is 4.12. The molecule has 2 heterocycles. The Morgan fingerprint density at radius 1 is 1.07 bits per heavy atom. The number of benzene rings is 1. The molecule has 0 saturated carbocycles. The minimum atomic E-state index is -0.431. The molecule has 0 bridgehead atoms. The molecule has 0 fully saturated rings. The van der Waals surface area contributed by atoms with Crippen LogP contribution >= 0.6 is 0 Å². The molecule has 0 radical (unpaired) electrons. The highest BCUT2D eigenvalue weighted by molar-refractivity contribution is 5.93. The summed E-state index contributed by atoms with van der Waals surface area (Å²) in [7, 11) is 0. The largest absolute Gasteiger partial charge is 0.459 e. The SMILES string of the molecule is Cc1cc(C)n(-c2ccc(=O)n(CC(=O)Nc3ccc(C(=O)OC(C)C)cc3)n2)n1. The van der Waals surface area contributed by atoms with E-state index in [0.717, 1.165) is 16.1 Å². The standard InChI is InChI=1S/C21H23N5O4/c1-13(2)30-21(29)16-5-7-17(8-6-16)22-19(27)12-25-20(28)10-9-18(24-25)26-15(4)11-14(3)23-26/h5-11,13H,12H2,1-4H3,(H,22,27). The van der Waals surface area contributed by atoms with E-state index < -0.39 is 17.4 Å². The minimum Gasteiger partial charge on any atom is -0.459 e. The number of aryl methyl sites for hydroxylation is 2. The van der Waals surface area contributed by atoms with Crippen molar-refractivity contribution in [1.29, 1.82) is 0 Å². The molecule has 2 aromatic heterocycles. The molecule has 1 amide bonds. The molecular formula is C21H23N5O4. The second kappa shape index (κ2) is 8.73. The van der Waals surface area contributed by atoms with Crippen molar-refractivity contribution in [2.24, 2.45) is 0 Å². The first-order valence-electron chi connectivity index (χ1n) is 9.45. The van der Waals surface area contributed by atoms with Crippen LogP contribution in [0.1, 0.15) is 35.6 Å². The van der Waals surface area contributed by atoms with Crippen LogP contribution < -0.4 is 10.9 Å². The van der Waals surface area contributed by atoms with Crippen LogP contribution in [0.5, 0.6) is 0 Å². The van der Waals surface area contributed by atoms with E-state index in [-0.39, 0.29) is 12.6 Å². The molecule has 3 rings (SSSR count). The van der Waals surface area contributed by atoms with Crippen molar-refractivity contribution in [3.8, 4) is 5.82 Å². The number of amides is 1. The minimum absolute atomic E-state index is 0.215. The smallest absolute Gasteiger partial charge is 0.338 e. The number of carbonyl (C=O) groups is 2. The van der Waals surface area contributed by atoms with Crippen LogP contribution in [0.2, 0.25) is 0 Å². The lowest BCUT2D eigenvalue weighted by molar-refractivity contribution is -0.117. The Morgan fingerprint density at radius 3 is 2.37 bits per heavy atom. The monoisotopic (exact) mass is 409 g/mol. The maximum absolute atomic E-state index is 12.4. The lowest BCUT2D eigenvalue weighted by Gasteiger charge is -2.10. The number of aromatic nitrogens is 4. The molecule has 0 aliphatic heterocycles. The van der Waals surface area contributed by atoms with E-state index in [1.807, 2.05) is 19.9 Å². The van der Waals surface area contributed by atoms with Gasteiger partial charge < -0.3 is 10.1 Å². The van der Waals surface area contributed by atoms with Crippen LogP contribution in [-0.4, -0.2) is 37.5 Å². The van der Waals surface area contributed by atoms with Gasteiger partial charge in [0.25, 0.3) is 5.56 Å². The van der Waals surface area contributed by atoms with Crippen LogP contribution in [0.4, 0.5) is 5.69 Å². The van der Waals surface area contributed by atoms with Gasteiger partial charge >= 0.3 is 5.97 Å². The van der Waals surface area contributed by atoms with Gasteiger partial charge in [-0.2, -0.15) is 5.10 Å². The number of anilines is 1. The van der Waals surface area contributed by atoms with Crippen molar-refractivity contribution in [3.63, 3.8) is 0 Å². The summed E-state index contributed by atoms with van der Waals surface area (Å²) in [5.41, 5.74) is 2.17. The first-order chi connectivity index (χ1) is 14.2. The summed E-state index contributed by atoms with van der Waals surface area (Å²) in [6.45, 7) is 7.02. The summed E-state index contributed by atoms with van der Waals surface area (Å²) in [6.07, 6.45) is -0.215. The number of ether oxygens (including phenoxy) is 1. The van der Waals surface area contributed by atoms with E-state index in [1.54, 1.807) is 48.9 Å². The van der Waals surface area contributed by atoms with Gasteiger partial charge in [0, 0.05) is 17.4 Å². The normalized spacial score (nSPS) is 10.8. The first kappa shape index (κ1) is 21.0. The molecule has 0 saturated heterocycles. The summed E-state index contributed by atoms with van der Waals surface area (Å²) in [6, 6.07) is 11.1. The third-order valence-electron chi connectivity index (χ3n) is 4.12. The highest BCUT2D eigenvalue weighted by Crippen LogP contribution is 2.12. The molecule has 0 atom stereocenters. The van der Waals surface area contributed by atoms with Gasteiger partial charge in [-0.05, 0) is 64.1 Å². The lowest BCUT2D eigenvalue weighted by Crippen LogP contribution is -2.30. The van der Waals surface area contributed by atoms with Gasteiger partial charge in [0.05, 0.1) is 17.4 Å². The average Bonchev–Trinajstić information content (AvgIpc) is 3.01. The predicted molar refractivity (Wildman–Crippen MR) is 111 cm³/mol. The van der Waals surface area contributed by atoms with Gasteiger partial charge in [-0.3, -0.25) is 9.59 Å². The number of esters is 1. The molecule has 1 aromatic carbocycles. The van der Waals surface area contributed by atoms with Crippen LogP contribution in [0.15, 0.2) is 47.3 Å². The number of hydrogen-bond donors (Lipinski definition) is 1. The maximum Gasteiger partial charge on any atom is 0.338 e. The van der Waals surface area contributed by atoms with Crippen molar-refractivity contribution in [3.05, 3.63) is 69.8 Å². The molecule has 3 aromatic rings. The Labute approximate surface area is 173 Å². The second-order valence-corrected chi connectivity index (χ2v) is 7.11. The molecule has 1 N–H and O–H groups in total. The number of nitrogens with zero attached hydrogens (tertiary/aromatic N) is 4. The van der Waals surface area contributed by atoms with E-state index in [1.165, 1.54) is 6.07 Å². The van der Waals surface area contributed by atoms with Gasteiger partial charge in [-0.1, -0.05) is 0 Å². The highest BCUT2D eigenvalue weighted by Gasteiger charge is 2.12. The summed E-state index contributed by atoms with van der Waals surface area (Å²) < 4.78 is 7.82. The van der Waals surface area contributed by atoms with E-state index in [2.05, 4.69) is 15.5 Å². The zero-order valence-electron chi connectivity index (χ0n) is 17.2. The van der Waals surface area contributed by atoms with Crippen molar-refractivity contribution >= 4 is 17.6 Å². The van der Waals surface area contributed by atoms with E-state index in [9.17, 15) is 14.4 Å². The van der Waals surface area contributed by atoms with Gasteiger partial charge in [0.1, 0.15) is 6.54 Å². The van der Waals surface area contributed by atoms with Crippen LogP contribution in [0.3, 0.4) is 0 Å². The Kier molecular flexibility index (Phi) is 6.10. The number of nitrogens with one attached hydrogen (secondary N) is 1. The zero-order chi connectivity index (χ0) is 21.8. The lowest BCUT2D eigenvalue weighted by atomic mass is 10.2. The second-order valence-electron chi connectivity index (χ2n) is 7.11. The predicted octanol–water partition coefficient (Wildman–Crippen LogP) is 2.25. The Balaban J connectivity index is 1.70. The summed E-state index contributed by atoms with van der Waals surface area (Å²) in [4.78, 5) is 36.4. The molecule has 9 heteroatoms. The maximum atomic E-state index is 12.4. The molecule has 0 aliphatic rings. The average molecular weight is 409 g/mol. The van der Waals surface area contributed by atoms with Crippen molar-refractivity contribution in [2.75, 3.05) is 5.32 Å². The van der Waals surface area contributed by atoms with Gasteiger partial charge in [-0.25, -0.2) is 14.2 Å². The van der Waals surface area contributed by atoms with E-state index >= 15 is 0 Å². The van der Waals surface area contributed by atoms with Gasteiger partial charge in [-0.15, -0.1) is 5.10 Å². The quantitative estimate of drug-likeness (QED) is 0.626.